The fraction of sp³-hybridized carbons (Fsp3) is 0.636. The molecule has 0 aromatic heterocycles. The first-order valence-electron chi connectivity index (χ1n) is 10.6. The first-order chi connectivity index (χ1) is 13.5. The zero-order valence-corrected chi connectivity index (χ0v) is 17.9. The second-order valence-corrected chi connectivity index (χ2v) is 7.22. The molecule has 1 rings (SSSR count). The van der Waals surface area contributed by atoms with Crippen LogP contribution in [0.25, 0.3) is 0 Å². The maximum atomic E-state index is 12.2. The minimum absolute atomic E-state index is 0.0368. The third-order valence-corrected chi connectivity index (χ3v) is 4.76. The summed E-state index contributed by atoms with van der Waals surface area (Å²) in [5.74, 6) is 1.19. The van der Waals surface area contributed by atoms with Crippen molar-refractivity contribution in [2.24, 2.45) is 10.9 Å². The quantitative estimate of drug-likeness (QED) is 0.326. The van der Waals surface area contributed by atoms with Gasteiger partial charge in [0, 0.05) is 31.3 Å². The molecular weight excluding hydrogens is 352 g/mol. The number of carbonyl (C=O) groups excluding carboxylic acids is 1. The van der Waals surface area contributed by atoms with Crippen molar-refractivity contribution < 1.29 is 9.90 Å². The molecule has 0 radical (unpaired) electrons. The van der Waals surface area contributed by atoms with Crippen molar-refractivity contribution >= 4 is 11.9 Å². The van der Waals surface area contributed by atoms with Crippen molar-refractivity contribution in [1.82, 2.24) is 16.0 Å². The molecule has 0 aliphatic rings. The van der Waals surface area contributed by atoms with Gasteiger partial charge in [0.2, 0.25) is 0 Å². The molecule has 0 fully saturated rings. The smallest absolute Gasteiger partial charge is 0.251 e. The average molecular weight is 391 g/mol. The summed E-state index contributed by atoms with van der Waals surface area (Å²) in [6.07, 6.45) is 3.92. The standard InChI is InChI=1S/C22H38N4O2/c1-5-8-18(13-14-27)15-24-22(23-7-3)25-16-19-9-11-20(12-10-19)21(28)26-17(4)6-2/h9-12,17-18,27H,5-8,13-16H2,1-4H3,(H,26,28)(H2,23,24,25). The molecule has 4 N–H and O–H groups in total. The maximum absolute atomic E-state index is 12.2. The highest BCUT2D eigenvalue weighted by Crippen LogP contribution is 2.10. The van der Waals surface area contributed by atoms with Gasteiger partial charge in [0.25, 0.3) is 5.91 Å². The van der Waals surface area contributed by atoms with E-state index in [0.29, 0.717) is 18.0 Å². The van der Waals surface area contributed by atoms with Crippen molar-refractivity contribution in [2.75, 3.05) is 19.7 Å². The third-order valence-electron chi connectivity index (χ3n) is 4.76. The molecule has 1 amide bonds. The fourth-order valence-electron chi connectivity index (χ4n) is 2.86. The lowest BCUT2D eigenvalue weighted by Crippen LogP contribution is -2.40. The van der Waals surface area contributed by atoms with E-state index in [1.807, 2.05) is 38.1 Å². The Morgan fingerprint density at radius 1 is 1.11 bits per heavy atom. The van der Waals surface area contributed by atoms with E-state index in [4.69, 9.17) is 0 Å². The van der Waals surface area contributed by atoms with Crippen LogP contribution in [0.5, 0.6) is 0 Å². The van der Waals surface area contributed by atoms with Gasteiger partial charge in [0.1, 0.15) is 0 Å². The second kappa shape index (κ2) is 14.0. The number of aliphatic hydroxyl groups is 1. The van der Waals surface area contributed by atoms with Crippen LogP contribution in [0.15, 0.2) is 29.3 Å². The Balaban J connectivity index is 2.64. The van der Waals surface area contributed by atoms with Crippen LogP contribution in [0.2, 0.25) is 0 Å². The highest BCUT2D eigenvalue weighted by Gasteiger charge is 2.09. The van der Waals surface area contributed by atoms with Gasteiger partial charge in [-0.25, -0.2) is 4.99 Å². The van der Waals surface area contributed by atoms with E-state index in [1.54, 1.807) is 0 Å². The molecule has 1 aromatic rings. The minimum atomic E-state index is -0.0368. The van der Waals surface area contributed by atoms with Gasteiger partial charge < -0.3 is 21.1 Å². The first kappa shape index (κ1) is 24.0. The molecule has 158 valence electrons. The minimum Gasteiger partial charge on any atom is -0.396 e. The summed E-state index contributed by atoms with van der Waals surface area (Å²) >= 11 is 0. The Morgan fingerprint density at radius 2 is 1.82 bits per heavy atom. The molecule has 0 spiro atoms. The number of aliphatic imine (C=N–C) groups is 1. The number of hydrogen-bond donors (Lipinski definition) is 4. The Hall–Kier alpha value is -2.08. The van der Waals surface area contributed by atoms with E-state index in [-0.39, 0.29) is 18.6 Å². The lowest BCUT2D eigenvalue weighted by atomic mass is 10.0. The Bertz CT molecular complexity index is 581. The maximum Gasteiger partial charge on any atom is 0.251 e. The van der Waals surface area contributed by atoms with E-state index in [0.717, 1.165) is 50.3 Å². The number of hydrogen-bond acceptors (Lipinski definition) is 3. The van der Waals surface area contributed by atoms with Gasteiger partial charge in [-0.2, -0.15) is 0 Å². The normalized spacial score (nSPS) is 13.7. The summed E-state index contributed by atoms with van der Waals surface area (Å²) < 4.78 is 0. The monoisotopic (exact) mass is 390 g/mol. The van der Waals surface area contributed by atoms with E-state index in [2.05, 4.69) is 34.8 Å². The molecule has 2 atom stereocenters. The topological polar surface area (TPSA) is 85.8 Å². The summed E-state index contributed by atoms with van der Waals surface area (Å²) in [5, 5.41) is 18.8. The number of benzene rings is 1. The molecule has 0 aliphatic carbocycles. The molecule has 6 nitrogen and oxygen atoms in total. The molecule has 0 aliphatic heterocycles. The molecule has 0 bridgehead atoms. The van der Waals surface area contributed by atoms with Gasteiger partial charge in [-0.3, -0.25) is 4.79 Å². The average Bonchev–Trinajstić information content (AvgIpc) is 2.70. The van der Waals surface area contributed by atoms with Crippen LogP contribution in [0.3, 0.4) is 0 Å². The van der Waals surface area contributed by atoms with Crippen LogP contribution < -0.4 is 16.0 Å². The largest absolute Gasteiger partial charge is 0.396 e. The zero-order valence-electron chi connectivity index (χ0n) is 17.9. The Kier molecular flexibility index (Phi) is 12.0. The van der Waals surface area contributed by atoms with E-state index in [1.165, 1.54) is 0 Å². The lowest BCUT2D eigenvalue weighted by Gasteiger charge is -2.18. The molecule has 1 aromatic carbocycles. The van der Waals surface area contributed by atoms with Crippen molar-refractivity contribution in [3.8, 4) is 0 Å². The van der Waals surface area contributed by atoms with Crippen LogP contribution in [-0.4, -0.2) is 42.7 Å². The summed E-state index contributed by atoms with van der Waals surface area (Å²) in [6.45, 7) is 10.6. The number of aliphatic hydroxyl groups excluding tert-OH is 1. The number of amides is 1. The number of rotatable bonds is 12. The van der Waals surface area contributed by atoms with Gasteiger partial charge in [-0.15, -0.1) is 0 Å². The van der Waals surface area contributed by atoms with Gasteiger partial charge in [-0.1, -0.05) is 32.4 Å². The number of carbonyl (C=O) groups is 1. The van der Waals surface area contributed by atoms with Crippen LogP contribution >= 0.6 is 0 Å². The van der Waals surface area contributed by atoms with E-state index < -0.39 is 0 Å². The zero-order chi connectivity index (χ0) is 20.8. The van der Waals surface area contributed by atoms with Crippen LogP contribution in [0.4, 0.5) is 0 Å². The predicted octanol–water partition coefficient (Wildman–Crippen LogP) is 3.07. The summed E-state index contributed by atoms with van der Waals surface area (Å²) in [6, 6.07) is 7.77. The van der Waals surface area contributed by atoms with Gasteiger partial charge in [0.15, 0.2) is 5.96 Å². The lowest BCUT2D eigenvalue weighted by molar-refractivity contribution is 0.0939. The van der Waals surface area contributed by atoms with Crippen molar-refractivity contribution in [3.05, 3.63) is 35.4 Å². The predicted molar refractivity (Wildman–Crippen MR) is 117 cm³/mol. The Morgan fingerprint density at radius 3 is 2.39 bits per heavy atom. The molecule has 6 heteroatoms. The van der Waals surface area contributed by atoms with Crippen LogP contribution in [0, 0.1) is 5.92 Å². The van der Waals surface area contributed by atoms with Gasteiger partial charge in [0.05, 0.1) is 6.54 Å². The number of guanidine groups is 1. The molecule has 0 heterocycles. The molecule has 0 saturated heterocycles. The van der Waals surface area contributed by atoms with Crippen molar-refractivity contribution in [2.45, 2.75) is 66.0 Å². The molecule has 2 unspecified atom stereocenters. The highest BCUT2D eigenvalue weighted by atomic mass is 16.3. The number of nitrogens with one attached hydrogen (secondary N) is 3. The van der Waals surface area contributed by atoms with Crippen LogP contribution in [-0.2, 0) is 6.54 Å². The fourth-order valence-corrected chi connectivity index (χ4v) is 2.86. The van der Waals surface area contributed by atoms with Crippen molar-refractivity contribution in [3.63, 3.8) is 0 Å². The van der Waals surface area contributed by atoms with E-state index >= 15 is 0 Å². The third kappa shape index (κ3) is 9.22. The second-order valence-electron chi connectivity index (χ2n) is 7.22. The van der Waals surface area contributed by atoms with Crippen LogP contribution in [0.1, 0.15) is 69.3 Å². The molecule has 0 saturated carbocycles. The molecule has 28 heavy (non-hydrogen) atoms. The summed E-state index contributed by atoms with van der Waals surface area (Å²) in [7, 11) is 0. The summed E-state index contributed by atoms with van der Waals surface area (Å²) in [4.78, 5) is 16.8. The van der Waals surface area contributed by atoms with Gasteiger partial charge in [-0.05, 0) is 56.7 Å². The number of nitrogens with zero attached hydrogens (tertiary/aromatic N) is 1. The SMILES string of the molecule is CCCC(CCO)CNC(=NCc1ccc(C(=O)NC(C)CC)cc1)NCC. The first-order valence-corrected chi connectivity index (χ1v) is 10.6. The summed E-state index contributed by atoms with van der Waals surface area (Å²) in [5.41, 5.74) is 1.72. The van der Waals surface area contributed by atoms with Gasteiger partial charge >= 0.3 is 0 Å². The van der Waals surface area contributed by atoms with E-state index in [9.17, 15) is 9.90 Å². The molecular formula is C22H38N4O2. The van der Waals surface area contributed by atoms with Crippen molar-refractivity contribution in [1.29, 1.82) is 0 Å². The Labute approximate surface area is 170 Å². The highest BCUT2D eigenvalue weighted by molar-refractivity contribution is 5.94.